The molecule has 0 aliphatic rings. The first-order valence-corrected chi connectivity index (χ1v) is 8.75. The summed E-state index contributed by atoms with van der Waals surface area (Å²) in [7, 11) is 0. The summed E-state index contributed by atoms with van der Waals surface area (Å²) in [6.45, 7) is 6.15. The summed E-state index contributed by atoms with van der Waals surface area (Å²) in [6.07, 6.45) is -0.625. The molecule has 0 saturated heterocycles. The van der Waals surface area contributed by atoms with Gasteiger partial charge >= 0.3 is 0 Å². The highest BCUT2D eigenvalue weighted by Crippen LogP contribution is 2.24. The van der Waals surface area contributed by atoms with Gasteiger partial charge in [0.1, 0.15) is 22.8 Å². The monoisotopic (exact) mass is 353 g/mol. The topological polar surface area (TPSA) is 60.7 Å². The Morgan fingerprint density at radius 3 is 2.46 bits per heavy atom. The van der Waals surface area contributed by atoms with Crippen LogP contribution in [0.25, 0.3) is 11.0 Å². The molecule has 0 saturated carbocycles. The maximum atomic E-state index is 12.4. The Labute approximate surface area is 152 Å². The highest BCUT2D eigenvalue weighted by atomic mass is 16.5. The molecule has 3 rings (SSSR count). The largest absolute Gasteiger partial charge is 0.494 e. The summed E-state index contributed by atoms with van der Waals surface area (Å²) in [5.41, 5.74) is 0.808. The Kier molecular flexibility index (Phi) is 5.46. The van der Waals surface area contributed by atoms with Gasteiger partial charge in [0, 0.05) is 5.39 Å². The van der Waals surface area contributed by atoms with E-state index in [0.29, 0.717) is 18.1 Å². The summed E-state index contributed by atoms with van der Waals surface area (Å²) in [5, 5.41) is 3.94. The summed E-state index contributed by atoms with van der Waals surface area (Å²) in [4.78, 5) is 12.4. The second kappa shape index (κ2) is 7.95. The molecule has 1 amide bonds. The normalized spacial score (nSPS) is 13.2. The van der Waals surface area contributed by atoms with Crippen molar-refractivity contribution in [2.24, 2.45) is 0 Å². The molecule has 26 heavy (non-hydrogen) atoms. The van der Waals surface area contributed by atoms with Crippen molar-refractivity contribution in [1.82, 2.24) is 5.32 Å². The zero-order valence-corrected chi connectivity index (χ0v) is 15.2. The Bertz CT molecular complexity index is 836. The second-order valence-electron chi connectivity index (χ2n) is 6.08. The first-order chi connectivity index (χ1) is 12.6. The van der Waals surface area contributed by atoms with E-state index in [0.717, 1.165) is 16.7 Å². The Hall–Kier alpha value is -2.95. The molecule has 5 heteroatoms. The summed E-state index contributed by atoms with van der Waals surface area (Å²) >= 11 is 0. The van der Waals surface area contributed by atoms with E-state index in [1.165, 1.54) is 0 Å². The molecule has 0 aliphatic heterocycles. The molecule has 0 bridgehead atoms. The third kappa shape index (κ3) is 4.17. The van der Waals surface area contributed by atoms with Crippen LogP contribution in [0.1, 0.15) is 32.6 Å². The molecular formula is C21H23NO4. The molecular weight excluding hydrogens is 330 g/mol. The van der Waals surface area contributed by atoms with Gasteiger partial charge in [0.15, 0.2) is 6.10 Å². The first kappa shape index (κ1) is 17.9. The van der Waals surface area contributed by atoms with Gasteiger partial charge in [-0.1, -0.05) is 18.2 Å². The van der Waals surface area contributed by atoms with Crippen LogP contribution in [0.4, 0.5) is 0 Å². The minimum atomic E-state index is -0.625. The molecule has 2 atom stereocenters. The van der Waals surface area contributed by atoms with Gasteiger partial charge in [0.05, 0.1) is 12.6 Å². The van der Waals surface area contributed by atoms with Gasteiger partial charge in [-0.05, 0) is 57.2 Å². The van der Waals surface area contributed by atoms with Crippen molar-refractivity contribution < 1.29 is 18.7 Å². The van der Waals surface area contributed by atoms with E-state index in [1.54, 1.807) is 19.1 Å². The number of para-hydroxylation sites is 1. The molecule has 5 nitrogen and oxygen atoms in total. The molecule has 0 spiro atoms. The molecule has 2 unspecified atom stereocenters. The van der Waals surface area contributed by atoms with E-state index >= 15 is 0 Å². The van der Waals surface area contributed by atoms with Crippen LogP contribution in [0.15, 0.2) is 59.0 Å². The molecule has 1 aromatic heterocycles. The zero-order chi connectivity index (χ0) is 18.5. The molecule has 0 aliphatic carbocycles. The number of carbonyl (C=O) groups is 1. The van der Waals surface area contributed by atoms with E-state index < -0.39 is 6.10 Å². The van der Waals surface area contributed by atoms with Gasteiger partial charge in [-0.15, -0.1) is 0 Å². The second-order valence-corrected chi connectivity index (χ2v) is 6.08. The van der Waals surface area contributed by atoms with Gasteiger partial charge in [0.25, 0.3) is 5.91 Å². The number of ether oxygens (including phenoxy) is 2. The molecule has 0 fully saturated rings. The van der Waals surface area contributed by atoms with Crippen molar-refractivity contribution in [2.45, 2.75) is 32.9 Å². The fourth-order valence-electron chi connectivity index (χ4n) is 2.66. The average Bonchev–Trinajstić information content (AvgIpc) is 3.08. The van der Waals surface area contributed by atoms with Crippen molar-refractivity contribution >= 4 is 16.9 Å². The van der Waals surface area contributed by atoms with Crippen LogP contribution >= 0.6 is 0 Å². The number of rotatable bonds is 7. The van der Waals surface area contributed by atoms with Crippen LogP contribution in [0.3, 0.4) is 0 Å². The minimum absolute atomic E-state index is 0.202. The lowest BCUT2D eigenvalue weighted by molar-refractivity contribution is -0.128. The van der Waals surface area contributed by atoms with Gasteiger partial charge in [-0.2, -0.15) is 0 Å². The molecule has 0 radical (unpaired) electrons. The lowest BCUT2D eigenvalue weighted by Gasteiger charge is -2.17. The van der Waals surface area contributed by atoms with E-state index in [-0.39, 0.29) is 11.9 Å². The van der Waals surface area contributed by atoms with Crippen LogP contribution in [-0.2, 0) is 4.79 Å². The summed E-state index contributed by atoms with van der Waals surface area (Å²) < 4.78 is 16.9. The number of nitrogens with one attached hydrogen (secondary N) is 1. The first-order valence-electron chi connectivity index (χ1n) is 8.75. The maximum absolute atomic E-state index is 12.4. The van der Waals surface area contributed by atoms with Gasteiger partial charge in [0.2, 0.25) is 0 Å². The quantitative estimate of drug-likeness (QED) is 0.680. The molecule has 136 valence electrons. The number of hydrogen-bond donors (Lipinski definition) is 1. The smallest absolute Gasteiger partial charge is 0.261 e. The van der Waals surface area contributed by atoms with Crippen LogP contribution in [0.5, 0.6) is 11.5 Å². The Morgan fingerprint density at radius 1 is 1.08 bits per heavy atom. The predicted octanol–water partition coefficient (Wildman–Crippen LogP) is 4.48. The van der Waals surface area contributed by atoms with Crippen LogP contribution in [-0.4, -0.2) is 18.6 Å². The number of carbonyl (C=O) groups excluding carboxylic acids is 1. The van der Waals surface area contributed by atoms with Crippen molar-refractivity contribution in [3.8, 4) is 11.5 Å². The van der Waals surface area contributed by atoms with E-state index in [2.05, 4.69) is 5.32 Å². The number of amides is 1. The van der Waals surface area contributed by atoms with Crippen molar-refractivity contribution in [3.63, 3.8) is 0 Å². The van der Waals surface area contributed by atoms with Crippen molar-refractivity contribution in [1.29, 1.82) is 0 Å². The Balaban J connectivity index is 1.59. The van der Waals surface area contributed by atoms with E-state index in [1.807, 2.05) is 56.3 Å². The molecule has 1 heterocycles. The number of benzene rings is 2. The maximum Gasteiger partial charge on any atom is 0.261 e. The fourth-order valence-corrected chi connectivity index (χ4v) is 2.66. The van der Waals surface area contributed by atoms with Crippen molar-refractivity contribution in [3.05, 3.63) is 60.4 Å². The van der Waals surface area contributed by atoms with Gasteiger partial charge in [-0.3, -0.25) is 4.79 Å². The highest BCUT2D eigenvalue weighted by molar-refractivity contribution is 5.82. The van der Waals surface area contributed by atoms with E-state index in [4.69, 9.17) is 13.9 Å². The number of fused-ring (bicyclic) bond motifs is 1. The standard InChI is InChI=1S/C21H23NO4/c1-4-24-17-9-11-18(12-10-17)25-15(3)21(23)22-14(2)20-13-16-7-5-6-8-19(16)26-20/h5-15H,4H2,1-3H3,(H,22,23). The zero-order valence-electron chi connectivity index (χ0n) is 15.2. The minimum Gasteiger partial charge on any atom is -0.494 e. The third-order valence-corrected chi connectivity index (χ3v) is 4.05. The third-order valence-electron chi connectivity index (χ3n) is 4.05. The van der Waals surface area contributed by atoms with Crippen molar-refractivity contribution in [2.75, 3.05) is 6.61 Å². The van der Waals surface area contributed by atoms with Crippen LogP contribution < -0.4 is 14.8 Å². The SMILES string of the molecule is CCOc1ccc(OC(C)C(=O)NC(C)c2cc3ccccc3o2)cc1. The Morgan fingerprint density at radius 2 is 1.77 bits per heavy atom. The molecule has 3 aromatic rings. The van der Waals surface area contributed by atoms with Crippen LogP contribution in [0, 0.1) is 0 Å². The molecule has 1 N–H and O–H groups in total. The predicted molar refractivity (Wildman–Crippen MR) is 100 cm³/mol. The fraction of sp³-hybridized carbons (Fsp3) is 0.286. The number of furan rings is 1. The lowest BCUT2D eigenvalue weighted by Crippen LogP contribution is -2.37. The highest BCUT2D eigenvalue weighted by Gasteiger charge is 2.20. The van der Waals surface area contributed by atoms with Crippen LogP contribution in [0.2, 0.25) is 0 Å². The van der Waals surface area contributed by atoms with Gasteiger partial charge in [-0.25, -0.2) is 0 Å². The molecule has 2 aromatic carbocycles. The lowest BCUT2D eigenvalue weighted by atomic mass is 10.2. The van der Waals surface area contributed by atoms with Gasteiger partial charge < -0.3 is 19.2 Å². The number of hydrogen-bond acceptors (Lipinski definition) is 4. The summed E-state index contributed by atoms with van der Waals surface area (Å²) in [6, 6.07) is 16.7. The van der Waals surface area contributed by atoms with E-state index in [9.17, 15) is 4.79 Å². The summed E-state index contributed by atoms with van der Waals surface area (Å²) in [5.74, 6) is 1.91. The average molecular weight is 353 g/mol.